The highest BCUT2D eigenvalue weighted by Gasteiger charge is 2.13. The van der Waals surface area contributed by atoms with Gasteiger partial charge in [0.05, 0.1) is 12.1 Å². The lowest BCUT2D eigenvalue weighted by molar-refractivity contribution is 0.252. The molecule has 3 heterocycles. The van der Waals surface area contributed by atoms with Crippen molar-refractivity contribution in [2.45, 2.75) is 26.2 Å². The molecule has 6 heteroatoms. The topological polar surface area (TPSA) is 72.1 Å². The molecule has 0 atom stereocenters. The molecule has 2 aromatic carbocycles. The van der Waals surface area contributed by atoms with Crippen LogP contribution in [0.25, 0.3) is 21.8 Å². The Morgan fingerprint density at radius 2 is 1.87 bits per heavy atom. The number of aryl methyl sites for hydroxylation is 1. The van der Waals surface area contributed by atoms with Gasteiger partial charge in [0.15, 0.2) is 0 Å². The van der Waals surface area contributed by atoms with Gasteiger partial charge in [0, 0.05) is 34.2 Å². The molecule has 0 unspecified atom stereocenters. The average Bonchev–Trinajstić information content (AvgIpc) is 3.13. The molecule has 0 amide bonds. The van der Waals surface area contributed by atoms with Crippen molar-refractivity contribution in [1.82, 2.24) is 20.3 Å². The van der Waals surface area contributed by atoms with Crippen molar-refractivity contribution in [3.8, 4) is 17.5 Å². The van der Waals surface area contributed by atoms with Crippen LogP contribution in [-0.2, 0) is 0 Å². The number of piperidine rings is 1. The fourth-order valence-corrected chi connectivity index (χ4v) is 4.06. The van der Waals surface area contributed by atoms with Crippen LogP contribution in [0, 0.1) is 12.8 Å². The second-order valence-electron chi connectivity index (χ2n) is 8.01. The zero-order valence-electron chi connectivity index (χ0n) is 17.1. The fourth-order valence-electron chi connectivity index (χ4n) is 4.06. The van der Waals surface area contributed by atoms with Gasteiger partial charge in [-0.15, -0.1) is 0 Å². The first kappa shape index (κ1) is 18.9. The number of hydrogen-bond donors (Lipinski definition) is 2. The summed E-state index contributed by atoms with van der Waals surface area (Å²) in [6.45, 7) is 5.02. The maximum atomic E-state index is 6.00. The van der Waals surface area contributed by atoms with E-state index in [1.807, 2.05) is 43.3 Å². The van der Waals surface area contributed by atoms with Gasteiger partial charge in [0.25, 0.3) is 0 Å². The number of fused-ring (bicyclic) bond motifs is 2. The van der Waals surface area contributed by atoms with E-state index >= 15 is 0 Å². The first-order chi connectivity index (χ1) is 14.7. The van der Waals surface area contributed by atoms with Crippen molar-refractivity contribution in [2.75, 3.05) is 19.7 Å². The third-order valence-electron chi connectivity index (χ3n) is 5.72. The third-order valence-corrected chi connectivity index (χ3v) is 5.72. The lowest BCUT2D eigenvalue weighted by Crippen LogP contribution is -2.28. The number of benzene rings is 2. The van der Waals surface area contributed by atoms with E-state index in [9.17, 15) is 0 Å². The van der Waals surface area contributed by atoms with E-state index in [-0.39, 0.29) is 0 Å². The van der Waals surface area contributed by atoms with Gasteiger partial charge in [0.1, 0.15) is 11.5 Å². The molecule has 5 rings (SSSR count). The van der Waals surface area contributed by atoms with Gasteiger partial charge in [-0.25, -0.2) is 4.98 Å². The molecule has 0 radical (unpaired) electrons. The third kappa shape index (κ3) is 4.24. The predicted octanol–water partition coefficient (Wildman–Crippen LogP) is 4.98. The molecule has 6 nitrogen and oxygen atoms in total. The molecule has 1 fully saturated rings. The summed E-state index contributed by atoms with van der Waals surface area (Å²) in [5.74, 6) is 2.32. The summed E-state index contributed by atoms with van der Waals surface area (Å²) in [5.41, 5.74) is 3.03. The number of rotatable bonds is 6. The summed E-state index contributed by atoms with van der Waals surface area (Å²) in [4.78, 5) is 12.3. The summed E-state index contributed by atoms with van der Waals surface area (Å²) in [7, 11) is 0. The Hall–Kier alpha value is -3.12. The van der Waals surface area contributed by atoms with Gasteiger partial charge in [-0.1, -0.05) is 0 Å². The van der Waals surface area contributed by atoms with Crippen LogP contribution in [0.3, 0.4) is 0 Å². The van der Waals surface area contributed by atoms with Gasteiger partial charge in [-0.3, -0.25) is 0 Å². The Kier molecular flexibility index (Phi) is 5.24. The maximum Gasteiger partial charge on any atom is 0.322 e. The first-order valence-corrected chi connectivity index (χ1v) is 10.6. The van der Waals surface area contributed by atoms with Crippen LogP contribution in [0.15, 0.2) is 48.7 Å². The SMILES string of the molecule is Cc1cc2cc(Oc3ncc4ccc(OCCC5CCNCC5)cc4n3)ccc2[nH]1. The lowest BCUT2D eigenvalue weighted by atomic mass is 9.95. The molecule has 154 valence electrons. The van der Waals surface area contributed by atoms with E-state index in [0.717, 1.165) is 71.0 Å². The summed E-state index contributed by atoms with van der Waals surface area (Å²) in [6.07, 6.45) is 5.36. The van der Waals surface area contributed by atoms with Crippen molar-refractivity contribution >= 4 is 21.8 Å². The van der Waals surface area contributed by atoms with Crippen LogP contribution >= 0.6 is 0 Å². The molecular formula is C24H26N4O2. The molecule has 2 aromatic heterocycles. The van der Waals surface area contributed by atoms with Crippen molar-refractivity contribution in [1.29, 1.82) is 0 Å². The molecule has 1 aliphatic heterocycles. The number of aromatic amines is 1. The van der Waals surface area contributed by atoms with Crippen molar-refractivity contribution in [3.05, 3.63) is 54.4 Å². The molecule has 1 saturated heterocycles. The summed E-state index contributed by atoms with van der Waals surface area (Å²) in [5, 5.41) is 5.48. The van der Waals surface area contributed by atoms with Crippen molar-refractivity contribution in [3.63, 3.8) is 0 Å². The van der Waals surface area contributed by atoms with Crippen LogP contribution < -0.4 is 14.8 Å². The minimum Gasteiger partial charge on any atom is -0.494 e. The van der Waals surface area contributed by atoms with Crippen molar-refractivity contribution < 1.29 is 9.47 Å². The minimum absolute atomic E-state index is 0.334. The van der Waals surface area contributed by atoms with Crippen LogP contribution in [0.5, 0.6) is 17.5 Å². The Balaban J connectivity index is 1.28. The predicted molar refractivity (Wildman–Crippen MR) is 118 cm³/mol. The quantitative estimate of drug-likeness (QED) is 0.476. The van der Waals surface area contributed by atoms with E-state index in [0.29, 0.717) is 6.01 Å². The molecule has 1 aliphatic rings. The van der Waals surface area contributed by atoms with Gasteiger partial charge in [-0.05, 0) is 81.6 Å². The van der Waals surface area contributed by atoms with E-state index < -0.39 is 0 Å². The fraction of sp³-hybridized carbons (Fsp3) is 0.333. The van der Waals surface area contributed by atoms with Crippen LogP contribution in [-0.4, -0.2) is 34.6 Å². The standard InChI is InChI=1S/C24H26N4O2/c1-16-12-19-13-21(4-5-22(19)27-16)30-24-26-15-18-2-3-20(14-23(18)28-24)29-11-8-17-6-9-25-10-7-17/h2-5,12-15,17,25,27H,6-11H2,1H3. The Bertz CT molecular complexity index is 1160. The number of aromatic nitrogens is 3. The summed E-state index contributed by atoms with van der Waals surface area (Å²) in [6, 6.07) is 14.3. The zero-order valence-corrected chi connectivity index (χ0v) is 17.1. The molecule has 2 N–H and O–H groups in total. The second kappa shape index (κ2) is 8.32. The van der Waals surface area contributed by atoms with E-state index in [1.165, 1.54) is 12.8 Å². The lowest BCUT2D eigenvalue weighted by Gasteiger charge is -2.22. The summed E-state index contributed by atoms with van der Waals surface area (Å²) >= 11 is 0. The van der Waals surface area contributed by atoms with E-state index in [1.54, 1.807) is 6.20 Å². The maximum absolute atomic E-state index is 6.00. The highest BCUT2D eigenvalue weighted by atomic mass is 16.5. The smallest absolute Gasteiger partial charge is 0.322 e. The number of H-pyrrole nitrogens is 1. The second-order valence-corrected chi connectivity index (χ2v) is 8.01. The normalized spacial score (nSPS) is 15.0. The molecule has 0 saturated carbocycles. The number of nitrogens with one attached hydrogen (secondary N) is 2. The summed E-state index contributed by atoms with van der Waals surface area (Å²) < 4.78 is 11.9. The molecule has 0 spiro atoms. The van der Waals surface area contributed by atoms with E-state index in [2.05, 4.69) is 26.3 Å². The highest BCUT2D eigenvalue weighted by Crippen LogP contribution is 2.26. The monoisotopic (exact) mass is 402 g/mol. The largest absolute Gasteiger partial charge is 0.494 e. The molecular weight excluding hydrogens is 376 g/mol. The van der Waals surface area contributed by atoms with Crippen LogP contribution in [0.1, 0.15) is 25.0 Å². The van der Waals surface area contributed by atoms with Gasteiger partial charge >= 0.3 is 6.01 Å². The van der Waals surface area contributed by atoms with Crippen LogP contribution in [0.2, 0.25) is 0 Å². The number of nitrogens with zero attached hydrogens (tertiary/aromatic N) is 2. The van der Waals surface area contributed by atoms with Gasteiger partial charge in [-0.2, -0.15) is 4.98 Å². The van der Waals surface area contributed by atoms with Gasteiger partial charge in [0.2, 0.25) is 0 Å². The van der Waals surface area contributed by atoms with Gasteiger partial charge < -0.3 is 19.8 Å². The minimum atomic E-state index is 0.334. The Labute approximate surface area is 175 Å². The molecule has 0 bridgehead atoms. The molecule has 4 aromatic rings. The highest BCUT2D eigenvalue weighted by molar-refractivity contribution is 5.82. The molecule has 30 heavy (non-hydrogen) atoms. The number of ether oxygens (including phenoxy) is 2. The van der Waals surface area contributed by atoms with Crippen molar-refractivity contribution in [2.24, 2.45) is 5.92 Å². The van der Waals surface area contributed by atoms with E-state index in [4.69, 9.17) is 9.47 Å². The Morgan fingerprint density at radius 1 is 1.00 bits per heavy atom. The zero-order chi connectivity index (χ0) is 20.3. The Morgan fingerprint density at radius 3 is 2.77 bits per heavy atom. The molecule has 0 aliphatic carbocycles. The van der Waals surface area contributed by atoms with Crippen LogP contribution in [0.4, 0.5) is 0 Å². The average molecular weight is 402 g/mol. The first-order valence-electron chi connectivity index (χ1n) is 10.6. The number of hydrogen-bond acceptors (Lipinski definition) is 5.